The molecule has 0 amide bonds. The first-order valence-corrected chi connectivity index (χ1v) is 10.0. The van der Waals surface area contributed by atoms with Crippen molar-refractivity contribution in [2.24, 2.45) is 0 Å². The third-order valence-electron chi connectivity index (χ3n) is 5.52. The zero-order valence-corrected chi connectivity index (χ0v) is 16.7. The van der Waals surface area contributed by atoms with Crippen LogP contribution in [0.1, 0.15) is 24.8 Å². The number of nitrogens with one attached hydrogen (secondary N) is 1. The standard InChI is InChI=1S/C20H25N5O5/c1-11-6-14-16(8-15(11)24-4-2-3-5-24)25(9-12(27)7-13(28)10-26)18-17(21-14)19(29)23-20(30)22-18/h6,8,12-13,26-28H,2-5,7,9-10H2,1H3,(H,23,29,30)/t12-,13+/m1/s1. The van der Waals surface area contributed by atoms with Crippen molar-refractivity contribution in [1.29, 1.82) is 0 Å². The molecule has 0 unspecified atom stereocenters. The van der Waals surface area contributed by atoms with Crippen LogP contribution in [-0.2, 0) is 6.54 Å². The van der Waals surface area contributed by atoms with Crippen molar-refractivity contribution in [2.75, 3.05) is 24.6 Å². The van der Waals surface area contributed by atoms with Crippen LogP contribution in [0, 0.1) is 6.92 Å². The highest BCUT2D eigenvalue weighted by molar-refractivity contribution is 5.84. The predicted octanol–water partition coefficient (Wildman–Crippen LogP) is -0.403. The van der Waals surface area contributed by atoms with E-state index in [0.717, 1.165) is 37.2 Å². The van der Waals surface area contributed by atoms with Gasteiger partial charge in [0.25, 0.3) is 5.56 Å². The molecule has 0 spiro atoms. The Balaban J connectivity index is 1.93. The second-order valence-corrected chi connectivity index (χ2v) is 7.81. The van der Waals surface area contributed by atoms with Crippen molar-refractivity contribution in [3.05, 3.63) is 38.5 Å². The number of aromatic nitrogens is 4. The highest BCUT2D eigenvalue weighted by Gasteiger charge is 2.23. The Labute approximate surface area is 171 Å². The lowest BCUT2D eigenvalue weighted by molar-refractivity contribution is 0.0362. The van der Waals surface area contributed by atoms with Crippen molar-refractivity contribution < 1.29 is 15.3 Å². The summed E-state index contributed by atoms with van der Waals surface area (Å²) in [5.74, 6) is 0.0741. The Morgan fingerprint density at radius 1 is 1.13 bits per heavy atom. The lowest BCUT2D eigenvalue weighted by atomic mass is 10.1. The van der Waals surface area contributed by atoms with Gasteiger partial charge in [-0.15, -0.1) is 0 Å². The summed E-state index contributed by atoms with van der Waals surface area (Å²) in [6, 6.07) is 3.84. The Kier molecular flexibility index (Phi) is 5.54. The van der Waals surface area contributed by atoms with Gasteiger partial charge in [-0.05, 0) is 37.5 Å². The van der Waals surface area contributed by atoms with Gasteiger partial charge in [-0.1, -0.05) is 0 Å². The third-order valence-corrected chi connectivity index (χ3v) is 5.52. The first kappa shape index (κ1) is 20.5. The van der Waals surface area contributed by atoms with Gasteiger partial charge < -0.3 is 24.8 Å². The van der Waals surface area contributed by atoms with Crippen molar-refractivity contribution in [3.8, 4) is 11.5 Å². The number of rotatable bonds is 6. The van der Waals surface area contributed by atoms with E-state index >= 15 is 0 Å². The minimum absolute atomic E-state index is 0.00493. The number of anilines is 1. The molecule has 3 heterocycles. The maximum atomic E-state index is 12.4. The van der Waals surface area contributed by atoms with Crippen molar-refractivity contribution >= 4 is 16.7 Å². The van der Waals surface area contributed by atoms with Crippen molar-refractivity contribution in [2.45, 2.75) is 44.9 Å². The maximum absolute atomic E-state index is 12.4. The summed E-state index contributed by atoms with van der Waals surface area (Å²) in [4.78, 5) is 37.0. The number of aliphatic hydroxyl groups is 3. The fourth-order valence-corrected chi connectivity index (χ4v) is 4.09. The summed E-state index contributed by atoms with van der Waals surface area (Å²) in [5.41, 5.74) is 1.79. The number of fused-ring (bicyclic) bond motifs is 2. The Bertz CT molecular complexity index is 1150. The molecule has 0 saturated carbocycles. The topological polar surface area (TPSA) is 145 Å². The summed E-state index contributed by atoms with van der Waals surface area (Å²) in [5, 5.41) is 29.2. The van der Waals surface area contributed by atoms with Crippen LogP contribution in [0.25, 0.3) is 22.6 Å². The van der Waals surface area contributed by atoms with E-state index in [1.165, 1.54) is 0 Å². The number of aromatic amines is 1. The van der Waals surface area contributed by atoms with E-state index in [1.807, 2.05) is 19.1 Å². The molecule has 2 atom stereocenters. The number of nitrogens with zero attached hydrogens (tertiary/aromatic N) is 4. The van der Waals surface area contributed by atoms with Crippen molar-refractivity contribution in [3.63, 3.8) is 0 Å². The first-order chi connectivity index (χ1) is 14.4. The van der Waals surface area contributed by atoms with Crippen LogP contribution in [0.2, 0.25) is 0 Å². The van der Waals surface area contributed by atoms with Crippen LogP contribution in [0.4, 0.5) is 5.69 Å². The molecule has 1 aromatic carbocycles. The third kappa shape index (κ3) is 3.81. The molecule has 0 aromatic heterocycles. The van der Waals surface area contributed by atoms with Gasteiger partial charge in [0.15, 0.2) is 11.5 Å². The molecule has 1 saturated heterocycles. The lowest BCUT2D eigenvalue weighted by Crippen LogP contribution is -2.31. The van der Waals surface area contributed by atoms with Crippen molar-refractivity contribution in [1.82, 2.24) is 19.5 Å². The second-order valence-electron chi connectivity index (χ2n) is 7.81. The molecule has 4 N–H and O–H groups in total. The van der Waals surface area contributed by atoms with Gasteiger partial charge in [0.2, 0.25) is 0 Å². The highest BCUT2D eigenvalue weighted by Crippen LogP contribution is 2.31. The van der Waals surface area contributed by atoms with Crippen LogP contribution in [0.5, 0.6) is 0 Å². The Morgan fingerprint density at radius 3 is 2.57 bits per heavy atom. The molecule has 1 fully saturated rings. The van der Waals surface area contributed by atoms with E-state index in [0.29, 0.717) is 11.0 Å². The van der Waals surface area contributed by atoms with E-state index in [9.17, 15) is 19.8 Å². The normalized spacial score (nSPS) is 16.5. The number of benzene rings is 1. The number of H-pyrrole nitrogens is 1. The van der Waals surface area contributed by atoms with Crippen LogP contribution < -0.4 is 16.1 Å². The smallest absolute Gasteiger partial charge is 0.349 e. The van der Waals surface area contributed by atoms with E-state index in [1.54, 1.807) is 4.57 Å². The highest BCUT2D eigenvalue weighted by atomic mass is 16.3. The van der Waals surface area contributed by atoms with Crippen LogP contribution >= 0.6 is 0 Å². The average Bonchev–Trinajstić information content (AvgIpc) is 3.22. The molecule has 0 radical (unpaired) electrons. The minimum atomic E-state index is -1.08. The molecule has 3 aliphatic rings. The molecule has 0 bridgehead atoms. The van der Waals surface area contributed by atoms with Crippen LogP contribution in [-0.4, -0.2) is 66.7 Å². The zero-order chi connectivity index (χ0) is 21.4. The van der Waals surface area contributed by atoms with E-state index in [4.69, 9.17) is 5.11 Å². The summed E-state index contributed by atoms with van der Waals surface area (Å²) in [6.45, 7) is 3.38. The maximum Gasteiger partial charge on any atom is 0.349 e. The van der Waals surface area contributed by atoms with Crippen LogP contribution in [0.15, 0.2) is 21.7 Å². The number of hydrogen-bond acceptors (Lipinski definition) is 8. The van der Waals surface area contributed by atoms with Gasteiger partial charge in [-0.25, -0.2) is 9.78 Å². The molecule has 0 aliphatic carbocycles. The van der Waals surface area contributed by atoms with Gasteiger partial charge >= 0.3 is 5.69 Å². The monoisotopic (exact) mass is 415 g/mol. The largest absolute Gasteiger partial charge is 0.394 e. The van der Waals surface area contributed by atoms with E-state index < -0.39 is 30.1 Å². The minimum Gasteiger partial charge on any atom is -0.394 e. The van der Waals surface area contributed by atoms with Gasteiger partial charge in [0.1, 0.15) is 0 Å². The van der Waals surface area contributed by atoms with Gasteiger partial charge in [0.05, 0.1) is 36.4 Å². The molecular formula is C20H25N5O5. The van der Waals surface area contributed by atoms with E-state index in [-0.39, 0.29) is 24.5 Å². The van der Waals surface area contributed by atoms with E-state index in [2.05, 4.69) is 19.9 Å². The molecule has 1 aromatic rings. The average molecular weight is 415 g/mol. The second kappa shape index (κ2) is 8.13. The quantitative estimate of drug-likeness (QED) is 0.398. The Hall–Kier alpha value is -2.82. The molecule has 30 heavy (non-hydrogen) atoms. The first-order valence-electron chi connectivity index (χ1n) is 10.0. The summed E-state index contributed by atoms with van der Waals surface area (Å²) >= 11 is 0. The molecule has 160 valence electrons. The summed E-state index contributed by atoms with van der Waals surface area (Å²) < 4.78 is 1.60. The summed E-state index contributed by atoms with van der Waals surface area (Å²) in [6.07, 6.45) is 0.0590. The molecule has 10 nitrogen and oxygen atoms in total. The number of hydrogen-bond donors (Lipinski definition) is 4. The molecular weight excluding hydrogens is 390 g/mol. The SMILES string of the molecule is Cc1cc2nc3c(=O)[nH]c(=O)nc-3n(C[C@H](O)C[C@H](O)CO)c2cc1N1CCCC1. The number of aryl methyl sites for hydroxylation is 1. The number of aliphatic hydroxyl groups excluding tert-OH is 3. The lowest BCUT2D eigenvalue weighted by Gasteiger charge is -2.24. The fraction of sp³-hybridized carbons (Fsp3) is 0.500. The zero-order valence-electron chi connectivity index (χ0n) is 16.7. The van der Waals surface area contributed by atoms with Gasteiger partial charge in [-0.2, -0.15) is 4.98 Å². The van der Waals surface area contributed by atoms with Gasteiger partial charge in [0, 0.05) is 25.2 Å². The summed E-state index contributed by atoms with van der Waals surface area (Å²) in [7, 11) is 0. The Morgan fingerprint density at radius 2 is 1.87 bits per heavy atom. The molecule has 10 heteroatoms. The predicted molar refractivity (Wildman–Crippen MR) is 111 cm³/mol. The molecule has 3 aliphatic heterocycles. The molecule has 4 rings (SSSR count). The van der Waals surface area contributed by atoms with Gasteiger partial charge in [-0.3, -0.25) is 9.78 Å². The van der Waals surface area contributed by atoms with Crippen LogP contribution in [0.3, 0.4) is 0 Å². The fourth-order valence-electron chi connectivity index (χ4n) is 4.09.